The number of aliphatic hydroxyl groups excluding tert-OH is 1. The highest BCUT2D eigenvalue weighted by Crippen LogP contribution is 2.43. The number of carbonyl (C=O) groups excluding carboxylic acids is 2. The van der Waals surface area contributed by atoms with Gasteiger partial charge in [0.15, 0.2) is 0 Å². The summed E-state index contributed by atoms with van der Waals surface area (Å²) in [5, 5.41) is 11.3. The molecule has 8 heteroatoms. The third-order valence-electron chi connectivity index (χ3n) is 5.96. The molecular formula is C27H34N2O6. The van der Waals surface area contributed by atoms with Crippen molar-refractivity contribution in [1.82, 2.24) is 9.80 Å². The molecule has 35 heavy (non-hydrogen) atoms. The predicted octanol–water partition coefficient (Wildman–Crippen LogP) is 3.87. The lowest BCUT2D eigenvalue weighted by Crippen LogP contribution is -2.35. The second-order valence-corrected chi connectivity index (χ2v) is 8.63. The number of hydrogen-bond donors (Lipinski definition) is 1. The van der Waals surface area contributed by atoms with Gasteiger partial charge in [0.2, 0.25) is 0 Å². The molecular weight excluding hydrogens is 448 g/mol. The Labute approximate surface area is 206 Å². The fraction of sp³-hybridized carbons (Fsp3) is 0.407. The zero-order chi connectivity index (χ0) is 25.5. The van der Waals surface area contributed by atoms with Crippen molar-refractivity contribution in [2.24, 2.45) is 0 Å². The first-order chi connectivity index (χ1) is 16.8. The van der Waals surface area contributed by atoms with E-state index in [1.807, 2.05) is 19.0 Å². The van der Waals surface area contributed by atoms with Crippen LogP contribution >= 0.6 is 0 Å². The van der Waals surface area contributed by atoms with Crippen molar-refractivity contribution in [3.05, 3.63) is 59.2 Å². The molecule has 2 aromatic carbocycles. The fourth-order valence-corrected chi connectivity index (χ4v) is 3.98. The Balaban J connectivity index is 2.09. The van der Waals surface area contributed by atoms with Gasteiger partial charge in [-0.3, -0.25) is 9.59 Å². The molecule has 0 bridgehead atoms. The minimum Gasteiger partial charge on any atom is -0.507 e. The van der Waals surface area contributed by atoms with Crippen molar-refractivity contribution < 1.29 is 28.9 Å². The second kappa shape index (κ2) is 11.8. The van der Waals surface area contributed by atoms with Crippen LogP contribution in [-0.2, 0) is 9.59 Å². The van der Waals surface area contributed by atoms with Crippen LogP contribution in [0.15, 0.2) is 48.0 Å². The summed E-state index contributed by atoms with van der Waals surface area (Å²) in [6.45, 7) is 3.55. The standard InChI is InChI=1S/C27H34N2O6/c1-6-7-16-35-19-10-8-18(9-11-19)25(30)23-24(21-13-12-20(33-4)17-22(21)34-5)29(15-14-28(2)3)27(32)26(23)31/h8-13,17,24,30H,6-7,14-16H2,1-5H3/t24-/m0/s1. The third-order valence-corrected chi connectivity index (χ3v) is 5.96. The Kier molecular flexibility index (Phi) is 8.76. The van der Waals surface area contributed by atoms with E-state index in [9.17, 15) is 14.7 Å². The molecule has 188 valence electrons. The zero-order valence-corrected chi connectivity index (χ0v) is 21.0. The average molecular weight is 483 g/mol. The van der Waals surface area contributed by atoms with Crippen LogP contribution in [0.3, 0.4) is 0 Å². The Morgan fingerprint density at radius 2 is 1.71 bits per heavy atom. The lowest BCUT2D eigenvalue weighted by Gasteiger charge is -2.27. The number of likely N-dealkylation sites (N-methyl/N-ethyl adjacent to an activating group) is 1. The molecule has 1 saturated heterocycles. The summed E-state index contributed by atoms with van der Waals surface area (Å²) in [5.74, 6) is 0.0860. The normalized spacial score (nSPS) is 17.2. The summed E-state index contributed by atoms with van der Waals surface area (Å²) in [6, 6.07) is 11.3. The van der Waals surface area contributed by atoms with Crippen LogP contribution in [0, 0.1) is 0 Å². The van der Waals surface area contributed by atoms with E-state index < -0.39 is 17.7 Å². The summed E-state index contributed by atoms with van der Waals surface area (Å²) < 4.78 is 16.6. The topological polar surface area (TPSA) is 88.5 Å². The summed E-state index contributed by atoms with van der Waals surface area (Å²) in [6.07, 6.45) is 1.98. The lowest BCUT2D eigenvalue weighted by atomic mass is 9.94. The molecule has 1 aliphatic heterocycles. The van der Waals surface area contributed by atoms with Crippen LogP contribution < -0.4 is 14.2 Å². The lowest BCUT2D eigenvalue weighted by molar-refractivity contribution is -0.140. The zero-order valence-electron chi connectivity index (χ0n) is 21.0. The van der Waals surface area contributed by atoms with Crippen molar-refractivity contribution >= 4 is 17.4 Å². The molecule has 1 atom stereocenters. The van der Waals surface area contributed by atoms with Gasteiger partial charge in [-0.2, -0.15) is 0 Å². The van der Waals surface area contributed by atoms with E-state index in [0.29, 0.717) is 48.1 Å². The van der Waals surface area contributed by atoms with Gasteiger partial charge in [-0.15, -0.1) is 0 Å². The highest BCUT2D eigenvalue weighted by molar-refractivity contribution is 6.46. The maximum Gasteiger partial charge on any atom is 0.295 e. The Morgan fingerprint density at radius 3 is 2.31 bits per heavy atom. The van der Waals surface area contributed by atoms with Gasteiger partial charge in [-0.1, -0.05) is 13.3 Å². The number of rotatable bonds is 11. The molecule has 1 aliphatic rings. The average Bonchev–Trinajstić information content (AvgIpc) is 3.11. The molecule has 1 N–H and O–H groups in total. The molecule has 0 aliphatic carbocycles. The van der Waals surface area contributed by atoms with Crippen molar-refractivity contribution in [1.29, 1.82) is 0 Å². The minimum atomic E-state index is -0.809. The molecule has 3 rings (SSSR count). The van der Waals surface area contributed by atoms with Crippen LogP contribution in [0.1, 0.15) is 36.9 Å². The maximum absolute atomic E-state index is 13.2. The second-order valence-electron chi connectivity index (χ2n) is 8.63. The molecule has 0 radical (unpaired) electrons. The molecule has 1 heterocycles. The van der Waals surface area contributed by atoms with E-state index in [1.54, 1.807) is 49.6 Å². The van der Waals surface area contributed by atoms with E-state index >= 15 is 0 Å². The monoisotopic (exact) mass is 482 g/mol. The highest BCUT2D eigenvalue weighted by Gasteiger charge is 2.47. The van der Waals surface area contributed by atoms with Crippen LogP contribution in [0.4, 0.5) is 0 Å². The van der Waals surface area contributed by atoms with Gasteiger partial charge in [0.25, 0.3) is 11.7 Å². The van der Waals surface area contributed by atoms with Crippen molar-refractivity contribution in [3.63, 3.8) is 0 Å². The fourth-order valence-electron chi connectivity index (χ4n) is 3.98. The largest absolute Gasteiger partial charge is 0.507 e. The van der Waals surface area contributed by atoms with Gasteiger partial charge in [0, 0.05) is 30.3 Å². The Bertz CT molecular complexity index is 1080. The van der Waals surface area contributed by atoms with E-state index in [0.717, 1.165) is 12.8 Å². The summed E-state index contributed by atoms with van der Waals surface area (Å²) in [4.78, 5) is 29.7. The molecule has 1 fully saturated rings. The van der Waals surface area contributed by atoms with Gasteiger partial charge >= 0.3 is 0 Å². The van der Waals surface area contributed by atoms with Gasteiger partial charge in [-0.05, 0) is 56.9 Å². The number of aliphatic hydroxyl groups is 1. The van der Waals surface area contributed by atoms with Crippen LogP contribution in [0.2, 0.25) is 0 Å². The number of benzene rings is 2. The Morgan fingerprint density at radius 1 is 1.03 bits per heavy atom. The van der Waals surface area contributed by atoms with Gasteiger partial charge in [0.1, 0.15) is 23.0 Å². The number of ketones is 1. The predicted molar refractivity (Wildman–Crippen MR) is 134 cm³/mol. The van der Waals surface area contributed by atoms with Gasteiger partial charge in [0.05, 0.1) is 32.4 Å². The molecule has 8 nitrogen and oxygen atoms in total. The smallest absolute Gasteiger partial charge is 0.295 e. The number of likely N-dealkylation sites (tertiary alicyclic amines) is 1. The number of ether oxygens (including phenoxy) is 3. The highest BCUT2D eigenvalue weighted by atomic mass is 16.5. The molecule has 0 saturated carbocycles. The first kappa shape index (κ1) is 26.1. The quantitative estimate of drug-likeness (QED) is 0.225. The minimum absolute atomic E-state index is 0.0249. The summed E-state index contributed by atoms with van der Waals surface area (Å²) >= 11 is 0. The van der Waals surface area contributed by atoms with E-state index in [2.05, 4.69) is 6.92 Å². The molecule has 0 unspecified atom stereocenters. The van der Waals surface area contributed by atoms with Crippen LogP contribution in [0.25, 0.3) is 5.76 Å². The molecule has 0 spiro atoms. The molecule has 1 amide bonds. The number of methoxy groups -OCH3 is 2. The third kappa shape index (κ3) is 5.77. The van der Waals surface area contributed by atoms with E-state index in [1.165, 1.54) is 12.0 Å². The molecule has 2 aromatic rings. The van der Waals surface area contributed by atoms with E-state index in [4.69, 9.17) is 14.2 Å². The summed E-state index contributed by atoms with van der Waals surface area (Å²) in [5.41, 5.74) is 1.04. The van der Waals surface area contributed by atoms with E-state index in [-0.39, 0.29) is 11.3 Å². The number of hydrogen-bond acceptors (Lipinski definition) is 7. The van der Waals surface area contributed by atoms with Gasteiger partial charge < -0.3 is 29.1 Å². The van der Waals surface area contributed by atoms with Crippen LogP contribution in [-0.4, -0.2) is 74.6 Å². The first-order valence-electron chi connectivity index (χ1n) is 11.7. The van der Waals surface area contributed by atoms with Crippen molar-refractivity contribution in [3.8, 4) is 17.2 Å². The number of unbranched alkanes of at least 4 members (excludes halogenated alkanes) is 1. The number of Topliss-reactive ketones (excluding diaryl/α,β-unsaturated/α-hetero) is 1. The maximum atomic E-state index is 13.2. The summed E-state index contributed by atoms with van der Waals surface area (Å²) in [7, 11) is 6.85. The Hall–Kier alpha value is -3.52. The first-order valence-corrected chi connectivity index (χ1v) is 11.7. The SMILES string of the molecule is CCCCOc1ccc(C(O)=C2C(=O)C(=O)N(CCN(C)C)[C@H]2c2ccc(OC)cc2OC)cc1. The number of amides is 1. The number of carbonyl (C=O) groups is 2. The van der Waals surface area contributed by atoms with Crippen molar-refractivity contribution in [2.45, 2.75) is 25.8 Å². The number of nitrogens with zero attached hydrogens (tertiary/aromatic N) is 2. The van der Waals surface area contributed by atoms with Crippen LogP contribution in [0.5, 0.6) is 17.2 Å². The van der Waals surface area contributed by atoms with Gasteiger partial charge in [-0.25, -0.2) is 0 Å². The van der Waals surface area contributed by atoms with Crippen molar-refractivity contribution in [2.75, 3.05) is 48.0 Å². The molecule has 0 aromatic heterocycles.